The quantitative estimate of drug-likeness (QED) is 0.717. The lowest BCUT2D eigenvalue weighted by Gasteiger charge is -2.18. The number of carbonyl (C=O) groups excluding carboxylic acids is 1. The Bertz CT molecular complexity index is 900. The molecule has 2 aromatic rings. The summed E-state index contributed by atoms with van der Waals surface area (Å²) in [6, 6.07) is 9.65. The first-order valence-electron chi connectivity index (χ1n) is 8.25. The summed E-state index contributed by atoms with van der Waals surface area (Å²) in [6.07, 6.45) is 0. The SMILES string of the molecule is CCN(CC)S(=O)(=O)c1ccc(OCC(=O)Nc2ccc(F)c(Cl)c2)cc1. The predicted molar refractivity (Wildman–Crippen MR) is 102 cm³/mol. The summed E-state index contributed by atoms with van der Waals surface area (Å²) in [7, 11) is -3.54. The monoisotopic (exact) mass is 414 g/mol. The van der Waals surface area contributed by atoms with Gasteiger partial charge in [0.1, 0.15) is 11.6 Å². The Morgan fingerprint density at radius 3 is 2.33 bits per heavy atom. The molecule has 0 atom stereocenters. The van der Waals surface area contributed by atoms with Gasteiger partial charge in [-0.1, -0.05) is 25.4 Å². The number of nitrogens with zero attached hydrogens (tertiary/aromatic N) is 1. The lowest BCUT2D eigenvalue weighted by Crippen LogP contribution is -2.30. The highest BCUT2D eigenvalue weighted by Gasteiger charge is 2.21. The normalized spacial score (nSPS) is 11.4. The summed E-state index contributed by atoms with van der Waals surface area (Å²) in [4.78, 5) is 12.1. The van der Waals surface area contributed by atoms with Crippen LogP contribution in [0.2, 0.25) is 5.02 Å². The van der Waals surface area contributed by atoms with Crippen LogP contribution in [0.3, 0.4) is 0 Å². The topological polar surface area (TPSA) is 75.7 Å². The van der Waals surface area contributed by atoms with Crippen molar-refractivity contribution in [2.45, 2.75) is 18.7 Å². The fourth-order valence-corrected chi connectivity index (χ4v) is 3.98. The Labute approximate surface area is 162 Å². The van der Waals surface area contributed by atoms with Gasteiger partial charge in [0.15, 0.2) is 6.61 Å². The van der Waals surface area contributed by atoms with Crippen LogP contribution in [-0.4, -0.2) is 38.3 Å². The highest BCUT2D eigenvalue weighted by Crippen LogP contribution is 2.21. The smallest absolute Gasteiger partial charge is 0.262 e. The molecule has 2 rings (SSSR count). The molecule has 0 radical (unpaired) electrons. The van der Waals surface area contributed by atoms with Gasteiger partial charge in [-0.3, -0.25) is 4.79 Å². The molecule has 0 saturated heterocycles. The number of amides is 1. The molecule has 0 aromatic heterocycles. The van der Waals surface area contributed by atoms with Crippen LogP contribution < -0.4 is 10.1 Å². The highest BCUT2D eigenvalue weighted by atomic mass is 35.5. The third-order valence-electron chi connectivity index (χ3n) is 3.74. The largest absolute Gasteiger partial charge is 0.484 e. The first-order chi connectivity index (χ1) is 12.8. The molecule has 0 bridgehead atoms. The van der Waals surface area contributed by atoms with Crippen LogP contribution in [0, 0.1) is 5.82 Å². The van der Waals surface area contributed by atoms with Crippen molar-refractivity contribution >= 4 is 33.2 Å². The maximum absolute atomic E-state index is 13.1. The van der Waals surface area contributed by atoms with Crippen LogP contribution in [0.1, 0.15) is 13.8 Å². The molecule has 27 heavy (non-hydrogen) atoms. The molecule has 0 unspecified atom stereocenters. The second kappa shape index (κ2) is 9.16. The summed E-state index contributed by atoms with van der Waals surface area (Å²) in [5.74, 6) is -0.691. The second-order valence-corrected chi connectivity index (χ2v) is 7.87. The highest BCUT2D eigenvalue weighted by molar-refractivity contribution is 7.89. The van der Waals surface area contributed by atoms with Gasteiger partial charge in [-0.05, 0) is 42.5 Å². The van der Waals surface area contributed by atoms with Crippen molar-refractivity contribution in [2.75, 3.05) is 25.0 Å². The van der Waals surface area contributed by atoms with E-state index in [1.54, 1.807) is 13.8 Å². The molecule has 0 aliphatic carbocycles. The maximum atomic E-state index is 13.1. The van der Waals surface area contributed by atoms with Crippen LogP contribution >= 0.6 is 11.6 Å². The molecule has 0 aliphatic heterocycles. The van der Waals surface area contributed by atoms with Crippen molar-refractivity contribution in [2.24, 2.45) is 0 Å². The standard InChI is InChI=1S/C18H20ClFN2O4S/c1-3-22(4-2)27(24,25)15-8-6-14(7-9-15)26-12-18(23)21-13-5-10-17(20)16(19)11-13/h5-11H,3-4,12H2,1-2H3,(H,21,23). The zero-order valence-corrected chi connectivity index (χ0v) is 16.5. The van der Waals surface area contributed by atoms with Crippen LogP contribution in [0.5, 0.6) is 5.75 Å². The zero-order valence-electron chi connectivity index (χ0n) is 14.9. The number of ether oxygens (including phenoxy) is 1. The first-order valence-corrected chi connectivity index (χ1v) is 10.1. The number of rotatable bonds is 8. The molecule has 2 aromatic carbocycles. The van der Waals surface area contributed by atoms with Gasteiger partial charge in [0.2, 0.25) is 10.0 Å². The molecular weight excluding hydrogens is 395 g/mol. The molecule has 0 aliphatic rings. The third-order valence-corrected chi connectivity index (χ3v) is 6.09. The average molecular weight is 415 g/mol. The molecule has 6 nitrogen and oxygen atoms in total. The van der Waals surface area contributed by atoms with Gasteiger partial charge in [-0.25, -0.2) is 12.8 Å². The summed E-state index contributed by atoms with van der Waals surface area (Å²) >= 11 is 5.65. The van der Waals surface area contributed by atoms with Crippen LogP contribution in [-0.2, 0) is 14.8 Å². The Morgan fingerprint density at radius 1 is 1.15 bits per heavy atom. The number of hydrogen-bond acceptors (Lipinski definition) is 4. The summed E-state index contributed by atoms with van der Waals surface area (Å²) in [5, 5.41) is 2.43. The molecule has 146 valence electrons. The zero-order chi connectivity index (χ0) is 20.0. The van der Waals surface area contributed by atoms with E-state index in [0.29, 0.717) is 24.5 Å². The van der Waals surface area contributed by atoms with Gasteiger partial charge >= 0.3 is 0 Å². The van der Waals surface area contributed by atoms with E-state index in [-0.39, 0.29) is 16.5 Å². The summed E-state index contributed by atoms with van der Waals surface area (Å²) in [6.45, 7) is 4.00. The predicted octanol–water partition coefficient (Wildman–Crippen LogP) is 3.53. The number of sulfonamides is 1. The van der Waals surface area contributed by atoms with Crippen LogP contribution in [0.4, 0.5) is 10.1 Å². The van der Waals surface area contributed by atoms with E-state index in [2.05, 4.69) is 5.32 Å². The van der Waals surface area contributed by atoms with E-state index >= 15 is 0 Å². The maximum Gasteiger partial charge on any atom is 0.262 e. The number of carbonyl (C=O) groups is 1. The van der Waals surface area contributed by atoms with E-state index in [0.717, 1.165) is 6.07 Å². The van der Waals surface area contributed by atoms with Gasteiger partial charge in [0.05, 0.1) is 9.92 Å². The Morgan fingerprint density at radius 2 is 1.78 bits per heavy atom. The van der Waals surface area contributed by atoms with Crippen molar-refractivity contribution in [3.05, 3.63) is 53.3 Å². The summed E-state index contributed by atoms with van der Waals surface area (Å²) < 4.78 is 44.6. The Balaban J connectivity index is 1.96. The minimum Gasteiger partial charge on any atom is -0.484 e. The summed E-state index contributed by atoms with van der Waals surface area (Å²) in [5.41, 5.74) is 0.343. The van der Waals surface area contributed by atoms with Gasteiger partial charge in [0, 0.05) is 18.8 Å². The lowest BCUT2D eigenvalue weighted by molar-refractivity contribution is -0.118. The fourth-order valence-electron chi connectivity index (χ4n) is 2.34. The minimum absolute atomic E-state index is 0.0984. The third kappa shape index (κ3) is 5.41. The first kappa shape index (κ1) is 21.1. The van der Waals surface area contributed by atoms with E-state index in [1.807, 2.05) is 0 Å². The average Bonchev–Trinajstić information content (AvgIpc) is 2.64. The van der Waals surface area contributed by atoms with Crippen molar-refractivity contribution in [3.63, 3.8) is 0 Å². The molecule has 0 spiro atoms. The molecule has 0 saturated carbocycles. The molecule has 9 heteroatoms. The van der Waals surface area contributed by atoms with Gasteiger partial charge in [0.25, 0.3) is 5.91 Å². The fraction of sp³-hybridized carbons (Fsp3) is 0.278. The van der Waals surface area contributed by atoms with Gasteiger partial charge in [-0.15, -0.1) is 0 Å². The second-order valence-electron chi connectivity index (χ2n) is 5.53. The van der Waals surface area contributed by atoms with E-state index in [4.69, 9.17) is 16.3 Å². The van der Waals surface area contributed by atoms with Crippen molar-refractivity contribution < 1.29 is 22.3 Å². The molecule has 0 fully saturated rings. The number of benzene rings is 2. The number of nitrogens with one attached hydrogen (secondary N) is 1. The van der Waals surface area contributed by atoms with Crippen LogP contribution in [0.25, 0.3) is 0 Å². The lowest BCUT2D eigenvalue weighted by atomic mass is 10.3. The van der Waals surface area contributed by atoms with E-state index < -0.39 is 21.7 Å². The molecular formula is C18H20ClFN2O4S. The van der Waals surface area contributed by atoms with Crippen molar-refractivity contribution in [1.29, 1.82) is 0 Å². The minimum atomic E-state index is -3.54. The Hall–Kier alpha value is -2.16. The number of anilines is 1. The number of hydrogen-bond donors (Lipinski definition) is 1. The van der Waals surface area contributed by atoms with Crippen LogP contribution in [0.15, 0.2) is 47.4 Å². The van der Waals surface area contributed by atoms with Gasteiger partial charge < -0.3 is 10.1 Å². The van der Waals surface area contributed by atoms with Gasteiger partial charge in [-0.2, -0.15) is 4.31 Å². The van der Waals surface area contributed by atoms with Crippen molar-refractivity contribution in [1.82, 2.24) is 4.31 Å². The van der Waals surface area contributed by atoms with E-state index in [1.165, 1.54) is 40.7 Å². The number of halogens is 2. The molecule has 1 N–H and O–H groups in total. The van der Waals surface area contributed by atoms with Crippen molar-refractivity contribution in [3.8, 4) is 5.75 Å². The Kier molecular flexibility index (Phi) is 7.18. The molecule has 0 heterocycles. The molecule has 1 amide bonds. The van der Waals surface area contributed by atoms with E-state index in [9.17, 15) is 17.6 Å².